The summed E-state index contributed by atoms with van der Waals surface area (Å²) < 4.78 is 4.92. The second kappa shape index (κ2) is 9.54. The van der Waals surface area contributed by atoms with Crippen molar-refractivity contribution >= 4 is 35.0 Å². The molecule has 130 valence electrons. The van der Waals surface area contributed by atoms with Gasteiger partial charge in [-0.25, -0.2) is 4.79 Å². The highest BCUT2D eigenvalue weighted by Gasteiger charge is 2.06. The van der Waals surface area contributed by atoms with E-state index in [0.717, 1.165) is 10.6 Å². The lowest BCUT2D eigenvalue weighted by molar-refractivity contribution is -0.142. The minimum atomic E-state index is -0.554. The number of esters is 1. The van der Waals surface area contributed by atoms with Crippen LogP contribution in [0.2, 0.25) is 0 Å². The molecule has 2 aromatic carbocycles. The Bertz CT molecular complexity index is 728. The Morgan fingerprint density at radius 1 is 1.08 bits per heavy atom. The van der Waals surface area contributed by atoms with Crippen LogP contribution in [0.25, 0.3) is 0 Å². The van der Waals surface area contributed by atoms with Crippen LogP contribution in [-0.2, 0) is 14.3 Å². The molecule has 0 radical (unpaired) electrons. The molecule has 0 aliphatic rings. The predicted molar refractivity (Wildman–Crippen MR) is 102 cm³/mol. The van der Waals surface area contributed by atoms with Gasteiger partial charge in [-0.2, -0.15) is 0 Å². The van der Waals surface area contributed by atoms with Gasteiger partial charge in [0, 0.05) is 36.4 Å². The summed E-state index contributed by atoms with van der Waals surface area (Å²) in [5, 5.41) is 4.32. The molecule has 0 unspecified atom stereocenters. The van der Waals surface area contributed by atoms with Crippen LogP contribution in [0.15, 0.2) is 71.0 Å². The molecule has 0 saturated heterocycles. The van der Waals surface area contributed by atoms with Crippen molar-refractivity contribution in [2.24, 2.45) is 0 Å². The van der Waals surface area contributed by atoms with Crippen LogP contribution in [0.3, 0.4) is 0 Å². The summed E-state index contributed by atoms with van der Waals surface area (Å²) in [4.78, 5) is 26.4. The number of nitrogens with zero attached hydrogens (tertiary/aromatic N) is 1. The zero-order valence-corrected chi connectivity index (χ0v) is 15.0. The number of anilines is 2. The normalized spacial score (nSPS) is 10.5. The van der Waals surface area contributed by atoms with Crippen molar-refractivity contribution in [2.75, 3.05) is 30.9 Å². The zero-order valence-electron chi connectivity index (χ0n) is 14.1. The monoisotopic (exact) mass is 356 g/mol. The highest BCUT2D eigenvalue weighted by Crippen LogP contribution is 2.18. The number of nitrogens with one attached hydrogen (secondary N) is 1. The minimum Gasteiger partial charge on any atom is -0.452 e. The summed E-state index contributed by atoms with van der Waals surface area (Å²) in [5.41, 5.74) is 1.69. The van der Waals surface area contributed by atoms with Crippen LogP contribution in [-0.4, -0.2) is 32.6 Å². The maximum absolute atomic E-state index is 11.8. The summed E-state index contributed by atoms with van der Waals surface area (Å²) in [6.45, 7) is -0.325. The van der Waals surface area contributed by atoms with Crippen LogP contribution in [0, 0.1) is 0 Å². The SMILES string of the molecule is CN(C)c1ccc(NC(=O)COC(=O)/C=C/Sc2ccccc2)cc1. The number of hydrogen-bond acceptors (Lipinski definition) is 5. The third kappa shape index (κ3) is 6.73. The van der Waals surface area contributed by atoms with E-state index in [2.05, 4.69) is 5.32 Å². The number of hydrogen-bond donors (Lipinski definition) is 1. The second-order valence-corrected chi connectivity index (χ2v) is 6.31. The van der Waals surface area contributed by atoms with E-state index in [9.17, 15) is 9.59 Å². The smallest absolute Gasteiger partial charge is 0.331 e. The van der Waals surface area contributed by atoms with Gasteiger partial charge in [0.1, 0.15) is 0 Å². The highest BCUT2D eigenvalue weighted by atomic mass is 32.2. The molecule has 0 fully saturated rings. The molecule has 1 amide bonds. The fraction of sp³-hybridized carbons (Fsp3) is 0.158. The maximum atomic E-state index is 11.8. The quantitative estimate of drug-likeness (QED) is 0.467. The van der Waals surface area contributed by atoms with Gasteiger partial charge in [0.25, 0.3) is 5.91 Å². The number of thioether (sulfide) groups is 1. The number of amides is 1. The van der Waals surface area contributed by atoms with Crippen molar-refractivity contribution in [1.29, 1.82) is 0 Å². The van der Waals surface area contributed by atoms with Gasteiger partial charge in [-0.1, -0.05) is 30.0 Å². The first-order valence-electron chi connectivity index (χ1n) is 7.67. The predicted octanol–water partition coefficient (Wildman–Crippen LogP) is 3.54. The summed E-state index contributed by atoms with van der Waals surface area (Å²) in [6.07, 6.45) is 1.30. The summed E-state index contributed by atoms with van der Waals surface area (Å²) in [7, 11) is 3.88. The molecule has 5 nitrogen and oxygen atoms in total. The number of benzene rings is 2. The van der Waals surface area contributed by atoms with Crippen LogP contribution in [0.4, 0.5) is 11.4 Å². The molecule has 2 aromatic rings. The van der Waals surface area contributed by atoms with Gasteiger partial charge in [0.2, 0.25) is 0 Å². The average molecular weight is 356 g/mol. The molecule has 0 saturated carbocycles. The van der Waals surface area contributed by atoms with Gasteiger partial charge >= 0.3 is 5.97 Å². The topological polar surface area (TPSA) is 58.6 Å². The fourth-order valence-electron chi connectivity index (χ4n) is 1.89. The van der Waals surface area contributed by atoms with Crippen LogP contribution < -0.4 is 10.2 Å². The van der Waals surface area contributed by atoms with E-state index in [4.69, 9.17) is 4.74 Å². The van der Waals surface area contributed by atoms with Crippen molar-refractivity contribution in [3.8, 4) is 0 Å². The molecular weight excluding hydrogens is 336 g/mol. The average Bonchev–Trinajstić information content (AvgIpc) is 2.61. The summed E-state index contributed by atoms with van der Waals surface area (Å²) in [5.74, 6) is -0.934. The summed E-state index contributed by atoms with van der Waals surface area (Å²) in [6, 6.07) is 17.0. The first-order chi connectivity index (χ1) is 12.0. The van der Waals surface area contributed by atoms with E-state index in [1.54, 1.807) is 17.5 Å². The number of carbonyl (C=O) groups is 2. The van der Waals surface area contributed by atoms with Gasteiger partial charge in [-0.05, 0) is 41.8 Å². The number of ether oxygens (including phenoxy) is 1. The Morgan fingerprint density at radius 3 is 2.40 bits per heavy atom. The van der Waals surface area contributed by atoms with Gasteiger partial charge in [-0.3, -0.25) is 4.79 Å². The van der Waals surface area contributed by atoms with Crippen molar-refractivity contribution < 1.29 is 14.3 Å². The molecule has 2 rings (SSSR count). The van der Waals surface area contributed by atoms with E-state index in [1.807, 2.05) is 61.5 Å². The molecule has 0 heterocycles. The standard InChI is InChI=1S/C19H20N2O3S/c1-21(2)16-10-8-15(9-11-16)20-18(22)14-24-19(23)12-13-25-17-6-4-3-5-7-17/h3-13H,14H2,1-2H3,(H,20,22)/b13-12+. The van der Waals surface area contributed by atoms with Gasteiger partial charge in [0.05, 0.1) is 0 Å². The van der Waals surface area contributed by atoms with E-state index >= 15 is 0 Å². The first kappa shape index (κ1) is 18.6. The van der Waals surface area contributed by atoms with Crippen molar-refractivity contribution in [3.05, 3.63) is 66.1 Å². The maximum Gasteiger partial charge on any atom is 0.331 e. The van der Waals surface area contributed by atoms with Gasteiger partial charge < -0.3 is 15.0 Å². The Balaban J connectivity index is 1.72. The van der Waals surface area contributed by atoms with E-state index in [-0.39, 0.29) is 12.5 Å². The largest absolute Gasteiger partial charge is 0.452 e. The zero-order chi connectivity index (χ0) is 18.1. The lowest BCUT2D eigenvalue weighted by Crippen LogP contribution is -2.20. The molecule has 0 aliphatic carbocycles. The van der Waals surface area contributed by atoms with E-state index < -0.39 is 5.97 Å². The molecule has 6 heteroatoms. The Labute approximate surface area is 151 Å². The first-order valence-corrected chi connectivity index (χ1v) is 8.55. The lowest BCUT2D eigenvalue weighted by atomic mass is 10.2. The number of rotatable bonds is 7. The highest BCUT2D eigenvalue weighted by molar-refractivity contribution is 8.02. The molecule has 1 N–H and O–H groups in total. The molecule has 0 aliphatic heterocycles. The Kier molecular flexibility index (Phi) is 7.10. The third-order valence-corrected chi connectivity index (χ3v) is 3.98. The van der Waals surface area contributed by atoms with Crippen molar-refractivity contribution in [1.82, 2.24) is 0 Å². The van der Waals surface area contributed by atoms with Crippen LogP contribution in [0.1, 0.15) is 0 Å². The van der Waals surface area contributed by atoms with Crippen molar-refractivity contribution in [2.45, 2.75) is 4.90 Å². The molecular formula is C19H20N2O3S. The van der Waals surface area contributed by atoms with Gasteiger partial charge in [0.15, 0.2) is 6.61 Å². The Morgan fingerprint density at radius 2 is 1.76 bits per heavy atom. The fourth-order valence-corrected chi connectivity index (χ4v) is 2.54. The molecule has 0 aromatic heterocycles. The van der Waals surface area contributed by atoms with Crippen LogP contribution >= 0.6 is 11.8 Å². The second-order valence-electron chi connectivity index (χ2n) is 5.33. The summed E-state index contributed by atoms with van der Waals surface area (Å²) >= 11 is 1.40. The molecule has 0 bridgehead atoms. The van der Waals surface area contributed by atoms with Crippen molar-refractivity contribution in [3.63, 3.8) is 0 Å². The Hall–Kier alpha value is -2.73. The molecule has 0 spiro atoms. The van der Waals surface area contributed by atoms with E-state index in [0.29, 0.717) is 5.69 Å². The van der Waals surface area contributed by atoms with Crippen LogP contribution in [0.5, 0.6) is 0 Å². The van der Waals surface area contributed by atoms with E-state index in [1.165, 1.54) is 17.8 Å². The lowest BCUT2D eigenvalue weighted by Gasteiger charge is -2.13. The molecule has 0 atom stereocenters. The third-order valence-electron chi connectivity index (χ3n) is 3.16. The number of carbonyl (C=O) groups excluding carboxylic acids is 2. The van der Waals surface area contributed by atoms with Gasteiger partial charge in [-0.15, -0.1) is 0 Å². The molecule has 25 heavy (non-hydrogen) atoms. The minimum absolute atomic E-state index is 0.325.